The first-order chi connectivity index (χ1) is 6.86. The van der Waals surface area contributed by atoms with Gasteiger partial charge in [0.05, 0.1) is 0 Å². The number of halogens is 4. The van der Waals surface area contributed by atoms with E-state index in [0.717, 1.165) is 0 Å². The third-order valence-electron chi connectivity index (χ3n) is 1.76. The van der Waals surface area contributed by atoms with Crippen molar-refractivity contribution in [2.24, 2.45) is 0 Å². The Bertz CT molecular complexity index is 362. The summed E-state index contributed by atoms with van der Waals surface area (Å²) in [7, 11) is 20.1. The minimum absolute atomic E-state index is 1.35. The minimum atomic E-state index is -3.29. The fourth-order valence-electron chi connectivity index (χ4n) is 1.31. The molecule has 81 valence electrons. The second-order valence-electron chi connectivity index (χ2n) is 3.09. The normalized spacial score (nSPS) is 13.8. The Morgan fingerprint density at radius 1 is 0.933 bits per heavy atom. The summed E-state index contributed by atoms with van der Waals surface area (Å²) < 4.78 is 0. The molecule has 0 unspecified atom stereocenters. The van der Waals surface area contributed by atoms with E-state index in [1.165, 1.54) is 16.7 Å². The van der Waals surface area contributed by atoms with Crippen molar-refractivity contribution in [3.05, 3.63) is 47.4 Å². The third kappa shape index (κ3) is 6.34. The van der Waals surface area contributed by atoms with Crippen LogP contribution in [0.3, 0.4) is 0 Å². The van der Waals surface area contributed by atoms with Gasteiger partial charge in [0.2, 0.25) is 0 Å². The van der Waals surface area contributed by atoms with Gasteiger partial charge in [0.1, 0.15) is 0 Å². The molecule has 15 heavy (non-hydrogen) atoms. The first-order valence-electron chi connectivity index (χ1n) is 4.24. The summed E-state index contributed by atoms with van der Waals surface area (Å²) in [5.74, 6) is 0. The van der Waals surface area contributed by atoms with Gasteiger partial charge in [-0.25, -0.2) is 0 Å². The van der Waals surface area contributed by atoms with Crippen molar-refractivity contribution in [1.29, 1.82) is 0 Å². The van der Waals surface area contributed by atoms with Crippen LogP contribution in [-0.2, 0) is 15.5 Å². The molecule has 1 aliphatic rings. The number of hydrogen-bond donors (Lipinski definition) is 0. The standard InChI is InChI=1S/C10H9.4ClH.Zr/c1-8-6-9-4-2-3-5-10(9)7-8;;;;;/h2-7H,1H3;4*1H;/q;;;;;+4/p-4. The van der Waals surface area contributed by atoms with E-state index < -0.39 is 15.5 Å². The summed E-state index contributed by atoms with van der Waals surface area (Å²) in [6.45, 7) is 2.12. The van der Waals surface area contributed by atoms with Crippen molar-refractivity contribution in [2.75, 3.05) is 0 Å². The fourth-order valence-corrected chi connectivity index (χ4v) is 1.31. The summed E-state index contributed by atoms with van der Waals surface area (Å²) >= 11 is -3.29. The van der Waals surface area contributed by atoms with Crippen LogP contribution in [0.5, 0.6) is 0 Å². The number of hydrogen-bond acceptors (Lipinski definition) is 0. The quantitative estimate of drug-likeness (QED) is 0.579. The molecule has 0 atom stereocenters. The second-order valence-corrected chi connectivity index (χ2v) is 25.5. The van der Waals surface area contributed by atoms with Gasteiger partial charge in [-0.1, -0.05) is 35.9 Å². The van der Waals surface area contributed by atoms with Gasteiger partial charge in [-0.05, 0) is 18.1 Å². The molecule has 0 amide bonds. The predicted octanol–water partition coefficient (Wildman–Crippen LogP) is 5.41. The molecule has 1 aromatic carbocycles. The van der Waals surface area contributed by atoms with Crippen LogP contribution >= 0.6 is 34.1 Å². The van der Waals surface area contributed by atoms with Gasteiger partial charge in [0.25, 0.3) is 0 Å². The molecule has 1 aromatic rings. The molecule has 0 saturated carbocycles. The van der Waals surface area contributed by atoms with Crippen LogP contribution in [0.4, 0.5) is 0 Å². The molecule has 0 heterocycles. The van der Waals surface area contributed by atoms with Gasteiger partial charge in [0, 0.05) is 6.42 Å². The zero-order valence-electron chi connectivity index (χ0n) is 7.98. The number of benzene rings is 1. The average molecular weight is 362 g/mol. The van der Waals surface area contributed by atoms with Crippen LogP contribution in [0.1, 0.15) is 18.1 Å². The molecule has 0 aliphatic heterocycles. The Morgan fingerprint density at radius 3 is 1.87 bits per heavy atom. The molecule has 1 aliphatic carbocycles. The molecule has 5 heteroatoms. The first kappa shape index (κ1) is 14.1. The van der Waals surface area contributed by atoms with Gasteiger partial charge in [-0.3, -0.25) is 0 Å². The summed E-state index contributed by atoms with van der Waals surface area (Å²) in [6.07, 6.45) is 4.41. The van der Waals surface area contributed by atoms with Crippen LogP contribution in [0, 0.1) is 6.42 Å². The third-order valence-corrected chi connectivity index (χ3v) is 1.76. The number of allylic oxidation sites excluding steroid dienone is 1. The van der Waals surface area contributed by atoms with Crippen molar-refractivity contribution >= 4 is 40.1 Å². The van der Waals surface area contributed by atoms with Gasteiger partial charge >= 0.3 is 49.5 Å². The molecule has 0 spiro atoms. The zero-order valence-corrected chi connectivity index (χ0v) is 13.5. The molecule has 0 fully saturated rings. The van der Waals surface area contributed by atoms with Crippen LogP contribution in [0.2, 0.25) is 0 Å². The van der Waals surface area contributed by atoms with Gasteiger partial charge < -0.3 is 0 Å². The Balaban J connectivity index is 0.000000195. The Hall–Kier alpha value is 1.00. The van der Waals surface area contributed by atoms with Crippen LogP contribution in [0.15, 0.2) is 29.8 Å². The molecule has 0 nitrogen and oxygen atoms in total. The van der Waals surface area contributed by atoms with Crippen molar-refractivity contribution in [1.82, 2.24) is 0 Å². The van der Waals surface area contributed by atoms with E-state index in [1.807, 2.05) is 0 Å². The summed E-state index contributed by atoms with van der Waals surface area (Å²) in [4.78, 5) is 0. The first-order valence-corrected chi connectivity index (χ1v) is 16.9. The van der Waals surface area contributed by atoms with Crippen molar-refractivity contribution in [3.8, 4) is 0 Å². The summed E-state index contributed by atoms with van der Waals surface area (Å²) in [5.41, 5.74) is 4.04. The van der Waals surface area contributed by atoms with Crippen molar-refractivity contribution < 1.29 is 15.5 Å². The Kier molecular flexibility index (Phi) is 5.70. The van der Waals surface area contributed by atoms with E-state index >= 15 is 0 Å². The maximum atomic E-state index is 5.04. The van der Waals surface area contributed by atoms with E-state index in [0.29, 0.717) is 0 Å². The molecular formula is C10H9Cl4Zr. The number of rotatable bonds is 0. The Labute approximate surface area is 109 Å². The van der Waals surface area contributed by atoms with E-state index in [9.17, 15) is 0 Å². The fraction of sp³-hybridized carbons (Fsp3) is 0.100. The van der Waals surface area contributed by atoms with Crippen LogP contribution in [-0.4, -0.2) is 0 Å². The SMILES string of the molecule is CC1=Cc2ccccc2[CH]1.[Cl][Zr]([Cl])([Cl])[Cl]. The molecule has 1 radical (unpaired) electrons. The van der Waals surface area contributed by atoms with Crippen LogP contribution < -0.4 is 0 Å². The molecule has 0 saturated heterocycles. The summed E-state index contributed by atoms with van der Waals surface area (Å²) in [5, 5.41) is 0. The van der Waals surface area contributed by atoms with Crippen LogP contribution in [0.25, 0.3) is 6.08 Å². The average Bonchev–Trinajstić information content (AvgIpc) is 2.40. The van der Waals surface area contributed by atoms with Gasteiger partial charge in [-0.2, -0.15) is 0 Å². The van der Waals surface area contributed by atoms with E-state index in [1.54, 1.807) is 0 Å². The van der Waals surface area contributed by atoms with Gasteiger partial charge in [-0.15, -0.1) is 0 Å². The molecule has 0 N–H and O–H groups in total. The predicted molar refractivity (Wildman–Crippen MR) is 66.9 cm³/mol. The zero-order chi connectivity index (χ0) is 11.5. The number of fused-ring (bicyclic) bond motifs is 1. The van der Waals surface area contributed by atoms with Crippen molar-refractivity contribution in [3.63, 3.8) is 0 Å². The van der Waals surface area contributed by atoms with E-state index in [4.69, 9.17) is 34.1 Å². The maximum absolute atomic E-state index is 5.04. The van der Waals surface area contributed by atoms with Gasteiger partial charge in [0.15, 0.2) is 0 Å². The molecular weight excluding hydrogens is 353 g/mol. The topological polar surface area (TPSA) is 0 Å². The molecule has 0 bridgehead atoms. The van der Waals surface area contributed by atoms with E-state index in [2.05, 4.69) is 43.7 Å². The van der Waals surface area contributed by atoms with E-state index in [-0.39, 0.29) is 0 Å². The summed E-state index contributed by atoms with van der Waals surface area (Å²) in [6, 6.07) is 8.42. The second kappa shape index (κ2) is 6.08. The van der Waals surface area contributed by atoms with Crippen molar-refractivity contribution in [2.45, 2.75) is 6.92 Å². The molecule has 0 aromatic heterocycles. The Morgan fingerprint density at radius 2 is 1.40 bits per heavy atom. The monoisotopic (exact) mass is 359 g/mol. The molecule has 2 rings (SSSR count).